The number of anilines is 3. The van der Waals surface area contributed by atoms with Crippen molar-refractivity contribution < 1.29 is 0 Å². The fourth-order valence-corrected chi connectivity index (χ4v) is 2.98. The first kappa shape index (κ1) is 13.0. The molecule has 2 heteroatoms. The summed E-state index contributed by atoms with van der Waals surface area (Å²) in [6.45, 7) is 6.45. The van der Waals surface area contributed by atoms with Crippen LogP contribution in [0, 0.1) is 6.92 Å². The van der Waals surface area contributed by atoms with Crippen molar-refractivity contribution >= 4 is 17.1 Å². The first-order valence-electron chi connectivity index (χ1n) is 7.49. The van der Waals surface area contributed by atoms with E-state index in [4.69, 9.17) is 0 Å². The number of hydrogen-bond donors (Lipinski definition) is 1. The highest BCUT2D eigenvalue weighted by Crippen LogP contribution is 2.32. The van der Waals surface area contributed by atoms with Gasteiger partial charge in [-0.25, -0.2) is 0 Å². The van der Waals surface area contributed by atoms with Gasteiger partial charge in [0.05, 0.1) is 0 Å². The number of rotatable bonds is 3. The number of hydrogen-bond acceptors (Lipinski definition) is 2. The lowest BCUT2D eigenvalue weighted by Gasteiger charge is -2.27. The van der Waals surface area contributed by atoms with E-state index in [0.29, 0.717) is 0 Å². The molecule has 2 nitrogen and oxygen atoms in total. The van der Waals surface area contributed by atoms with Crippen molar-refractivity contribution in [1.82, 2.24) is 0 Å². The second-order valence-corrected chi connectivity index (χ2v) is 5.40. The Morgan fingerprint density at radius 2 is 2.00 bits per heavy atom. The number of aryl methyl sites for hydroxylation is 2. The van der Waals surface area contributed by atoms with Gasteiger partial charge in [0.25, 0.3) is 0 Å². The maximum atomic E-state index is 3.52. The van der Waals surface area contributed by atoms with E-state index in [-0.39, 0.29) is 0 Å². The number of nitrogens with one attached hydrogen (secondary N) is 1. The Balaban J connectivity index is 1.99. The van der Waals surface area contributed by atoms with Crippen LogP contribution in [0.3, 0.4) is 0 Å². The van der Waals surface area contributed by atoms with Crippen LogP contribution in [0.25, 0.3) is 0 Å². The molecule has 0 unspecified atom stereocenters. The van der Waals surface area contributed by atoms with E-state index in [1.165, 1.54) is 41.0 Å². The zero-order chi connectivity index (χ0) is 13.9. The highest BCUT2D eigenvalue weighted by atomic mass is 15.1. The van der Waals surface area contributed by atoms with Gasteiger partial charge in [0.15, 0.2) is 0 Å². The predicted octanol–water partition coefficient (Wildman–Crippen LogP) is 4.51. The van der Waals surface area contributed by atoms with Crippen molar-refractivity contribution in [2.75, 3.05) is 23.3 Å². The monoisotopic (exact) mass is 266 g/mol. The second kappa shape index (κ2) is 5.58. The molecule has 0 saturated carbocycles. The summed E-state index contributed by atoms with van der Waals surface area (Å²) in [5, 5.41) is 3.52. The topological polar surface area (TPSA) is 15.3 Å². The van der Waals surface area contributed by atoms with Crippen molar-refractivity contribution in [3.63, 3.8) is 0 Å². The van der Waals surface area contributed by atoms with E-state index < -0.39 is 0 Å². The minimum Gasteiger partial charge on any atom is -0.385 e. The van der Waals surface area contributed by atoms with E-state index in [9.17, 15) is 0 Å². The van der Waals surface area contributed by atoms with E-state index in [2.05, 4.69) is 66.5 Å². The highest BCUT2D eigenvalue weighted by Gasteiger charge is 2.13. The number of fused-ring (bicyclic) bond motifs is 1. The Morgan fingerprint density at radius 3 is 2.80 bits per heavy atom. The lowest BCUT2D eigenvalue weighted by molar-refractivity contribution is 0.829. The lowest BCUT2D eigenvalue weighted by Crippen LogP contribution is -2.18. The minimum absolute atomic E-state index is 0.976. The average molecular weight is 266 g/mol. The van der Waals surface area contributed by atoms with Crippen LogP contribution < -0.4 is 10.2 Å². The number of benzene rings is 2. The van der Waals surface area contributed by atoms with Crippen molar-refractivity contribution in [3.05, 3.63) is 53.6 Å². The van der Waals surface area contributed by atoms with Gasteiger partial charge in [-0.3, -0.25) is 0 Å². The maximum Gasteiger partial charge on any atom is 0.0440 e. The molecule has 0 aromatic heterocycles. The highest BCUT2D eigenvalue weighted by molar-refractivity contribution is 5.71. The molecule has 1 aliphatic rings. The second-order valence-electron chi connectivity index (χ2n) is 5.40. The molecule has 1 heterocycles. The minimum atomic E-state index is 0.976. The van der Waals surface area contributed by atoms with Gasteiger partial charge in [-0.15, -0.1) is 0 Å². The molecular formula is C18H22N2. The molecule has 0 aliphatic carbocycles. The fraction of sp³-hybridized carbons (Fsp3) is 0.333. The Morgan fingerprint density at radius 1 is 1.15 bits per heavy atom. The molecule has 0 amide bonds. The molecule has 1 N–H and O–H groups in total. The standard InChI is InChI=1S/C18H22N2/c1-3-20(18-9-5-4-7-14(18)2)16-11-10-15-8-6-12-19-17(15)13-16/h4-5,7,9-11,13,19H,3,6,8,12H2,1-2H3. The van der Waals surface area contributed by atoms with Crippen molar-refractivity contribution in [1.29, 1.82) is 0 Å². The van der Waals surface area contributed by atoms with Gasteiger partial charge in [-0.2, -0.15) is 0 Å². The summed E-state index contributed by atoms with van der Waals surface area (Å²) in [5.74, 6) is 0. The first-order valence-corrected chi connectivity index (χ1v) is 7.49. The van der Waals surface area contributed by atoms with E-state index in [1.807, 2.05) is 0 Å². The van der Waals surface area contributed by atoms with Gasteiger partial charge in [0, 0.05) is 30.2 Å². The third kappa shape index (κ3) is 2.38. The third-order valence-corrected chi connectivity index (χ3v) is 4.07. The Hall–Kier alpha value is -1.96. The molecule has 2 aromatic carbocycles. The summed E-state index contributed by atoms with van der Waals surface area (Å²) in [6, 6.07) is 15.4. The van der Waals surface area contributed by atoms with Gasteiger partial charge in [0.2, 0.25) is 0 Å². The predicted molar refractivity (Wildman–Crippen MR) is 87.1 cm³/mol. The third-order valence-electron chi connectivity index (χ3n) is 4.07. The SMILES string of the molecule is CCN(c1ccc2c(c1)NCCC2)c1ccccc1C. The summed E-state index contributed by atoms with van der Waals surface area (Å²) < 4.78 is 0. The van der Waals surface area contributed by atoms with Gasteiger partial charge in [-0.1, -0.05) is 24.3 Å². The summed E-state index contributed by atoms with van der Waals surface area (Å²) in [4.78, 5) is 2.38. The molecule has 0 saturated heterocycles. The van der Waals surface area contributed by atoms with Crippen LogP contribution in [-0.2, 0) is 6.42 Å². The lowest BCUT2D eigenvalue weighted by atomic mass is 10.0. The fourth-order valence-electron chi connectivity index (χ4n) is 2.98. The van der Waals surface area contributed by atoms with Crippen molar-refractivity contribution in [3.8, 4) is 0 Å². The molecular weight excluding hydrogens is 244 g/mol. The van der Waals surface area contributed by atoms with Crippen LogP contribution in [-0.4, -0.2) is 13.1 Å². The Kier molecular flexibility index (Phi) is 3.64. The molecule has 0 radical (unpaired) electrons. The maximum absolute atomic E-state index is 3.52. The van der Waals surface area contributed by atoms with Crippen LogP contribution in [0.1, 0.15) is 24.5 Å². The molecule has 0 spiro atoms. The van der Waals surface area contributed by atoms with Crippen LogP contribution >= 0.6 is 0 Å². The molecule has 0 fully saturated rings. The van der Waals surface area contributed by atoms with Crippen molar-refractivity contribution in [2.45, 2.75) is 26.7 Å². The van der Waals surface area contributed by atoms with Gasteiger partial charge >= 0.3 is 0 Å². The Labute approximate surface area is 121 Å². The van der Waals surface area contributed by atoms with Crippen LogP contribution in [0.2, 0.25) is 0 Å². The molecule has 0 atom stereocenters. The largest absolute Gasteiger partial charge is 0.385 e. The van der Waals surface area contributed by atoms with Gasteiger partial charge in [0.1, 0.15) is 0 Å². The molecule has 2 aromatic rings. The summed E-state index contributed by atoms with van der Waals surface area (Å²) >= 11 is 0. The summed E-state index contributed by atoms with van der Waals surface area (Å²) in [5.41, 5.74) is 6.64. The van der Waals surface area contributed by atoms with E-state index in [1.54, 1.807) is 0 Å². The van der Waals surface area contributed by atoms with Crippen LogP contribution in [0.15, 0.2) is 42.5 Å². The van der Waals surface area contributed by atoms with Crippen LogP contribution in [0.4, 0.5) is 17.1 Å². The first-order chi connectivity index (χ1) is 9.79. The number of para-hydroxylation sites is 1. The normalized spacial score (nSPS) is 13.5. The molecule has 20 heavy (non-hydrogen) atoms. The quantitative estimate of drug-likeness (QED) is 0.879. The zero-order valence-corrected chi connectivity index (χ0v) is 12.3. The molecule has 1 aliphatic heterocycles. The smallest absolute Gasteiger partial charge is 0.0440 e. The molecule has 0 bridgehead atoms. The molecule has 104 valence electrons. The Bertz CT molecular complexity index is 604. The average Bonchev–Trinajstić information content (AvgIpc) is 2.50. The summed E-state index contributed by atoms with van der Waals surface area (Å²) in [7, 11) is 0. The van der Waals surface area contributed by atoms with Crippen molar-refractivity contribution in [2.24, 2.45) is 0 Å². The van der Waals surface area contributed by atoms with E-state index in [0.717, 1.165) is 13.1 Å². The number of nitrogens with zero attached hydrogens (tertiary/aromatic N) is 1. The van der Waals surface area contributed by atoms with Gasteiger partial charge < -0.3 is 10.2 Å². The zero-order valence-electron chi connectivity index (χ0n) is 12.3. The van der Waals surface area contributed by atoms with Crippen LogP contribution in [0.5, 0.6) is 0 Å². The van der Waals surface area contributed by atoms with E-state index >= 15 is 0 Å². The summed E-state index contributed by atoms with van der Waals surface area (Å²) in [6.07, 6.45) is 2.43. The van der Waals surface area contributed by atoms with Gasteiger partial charge in [-0.05, 0) is 56.0 Å². The molecule has 3 rings (SSSR count).